The number of rotatable bonds is 4. The van der Waals surface area contributed by atoms with Crippen LogP contribution in [0.2, 0.25) is 0 Å². The molecule has 24 heavy (non-hydrogen) atoms. The molecule has 0 amide bonds. The Labute approximate surface area is 136 Å². The molecule has 128 valence electrons. The predicted molar refractivity (Wildman–Crippen MR) is 77.1 cm³/mol. The van der Waals surface area contributed by atoms with Crippen LogP contribution in [0.5, 0.6) is 5.75 Å². The fourth-order valence-electron chi connectivity index (χ4n) is 2.34. The van der Waals surface area contributed by atoms with Gasteiger partial charge < -0.3 is 4.74 Å². The van der Waals surface area contributed by atoms with E-state index in [1.165, 1.54) is 5.06 Å². The number of hydrogen-bond acceptors (Lipinski definition) is 5. The van der Waals surface area contributed by atoms with Crippen LogP contribution < -0.4 is 4.74 Å². The van der Waals surface area contributed by atoms with Crippen molar-refractivity contribution in [2.24, 2.45) is 0 Å². The van der Waals surface area contributed by atoms with Crippen LogP contribution in [0.1, 0.15) is 11.1 Å². The molecule has 5 nitrogen and oxygen atoms in total. The van der Waals surface area contributed by atoms with Crippen molar-refractivity contribution in [3.8, 4) is 5.75 Å². The highest BCUT2D eigenvalue weighted by atomic mass is 32.2. The van der Waals surface area contributed by atoms with Crippen LogP contribution >= 0.6 is 0 Å². The van der Waals surface area contributed by atoms with E-state index in [0.29, 0.717) is 13.1 Å². The third-order valence-electron chi connectivity index (χ3n) is 3.36. The molecule has 0 saturated carbocycles. The summed E-state index contributed by atoms with van der Waals surface area (Å²) in [4.78, 5) is -0.256. The lowest BCUT2D eigenvalue weighted by atomic mass is 10.1. The van der Waals surface area contributed by atoms with Gasteiger partial charge in [-0.25, -0.2) is 0 Å². The standard InChI is InChI=1S/C15H12F3NO4S/c16-15(17,18)22-13-5-7-14(8-6-13)24(20,21)23-19-9-11-3-1-2-4-12(11)10-19/h1-8H,9-10H2. The highest BCUT2D eigenvalue weighted by molar-refractivity contribution is 7.86. The number of alkyl halides is 3. The van der Waals surface area contributed by atoms with E-state index in [0.717, 1.165) is 35.4 Å². The molecule has 0 saturated heterocycles. The number of nitrogens with zero attached hydrogens (tertiary/aromatic N) is 1. The highest BCUT2D eigenvalue weighted by Crippen LogP contribution is 2.27. The monoisotopic (exact) mass is 359 g/mol. The normalized spacial score (nSPS) is 15.3. The number of hydroxylamine groups is 2. The fraction of sp³-hybridized carbons (Fsp3) is 0.200. The number of benzene rings is 2. The molecule has 0 N–H and O–H groups in total. The summed E-state index contributed by atoms with van der Waals surface area (Å²) >= 11 is 0. The van der Waals surface area contributed by atoms with Crippen LogP contribution in [0.25, 0.3) is 0 Å². The molecule has 0 fully saturated rings. The lowest BCUT2D eigenvalue weighted by molar-refractivity contribution is -0.274. The Morgan fingerprint density at radius 3 is 1.96 bits per heavy atom. The SMILES string of the molecule is O=S(=O)(ON1Cc2ccccc2C1)c1ccc(OC(F)(F)F)cc1. The van der Waals surface area contributed by atoms with Crippen LogP contribution in [-0.2, 0) is 27.5 Å². The summed E-state index contributed by atoms with van der Waals surface area (Å²) in [6.07, 6.45) is -4.84. The van der Waals surface area contributed by atoms with E-state index >= 15 is 0 Å². The third kappa shape index (κ3) is 3.86. The minimum atomic E-state index is -4.84. The number of halogens is 3. The largest absolute Gasteiger partial charge is 0.573 e. The second-order valence-corrected chi connectivity index (χ2v) is 6.64. The van der Waals surface area contributed by atoms with Crippen LogP contribution in [-0.4, -0.2) is 19.8 Å². The van der Waals surface area contributed by atoms with Gasteiger partial charge >= 0.3 is 16.5 Å². The Kier molecular flexibility index (Phi) is 4.24. The van der Waals surface area contributed by atoms with Crippen LogP contribution in [0, 0.1) is 0 Å². The van der Waals surface area contributed by atoms with E-state index in [4.69, 9.17) is 4.28 Å². The zero-order chi connectivity index (χ0) is 17.4. The average molecular weight is 359 g/mol. The fourth-order valence-corrected chi connectivity index (χ4v) is 3.28. The first-order chi connectivity index (χ1) is 11.2. The topological polar surface area (TPSA) is 55.8 Å². The van der Waals surface area contributed by atoms with Gasteiger partial charge in [0, 0.05) is 0 Å². The molecule has 0 spiro atoms. The molecule has 0 bridgehead atoms. The molecule has 0 aliphatic carbocycles. The van der Waals surface area contributed by atoms with Crippen LogP contribution in [0.3, 0.4) is 0 Å². The van der Waals surface area contributed by atoms with Gasteiger partial charge in [-0.15, -0.1) is 13.2 Å². The number of hydrogen-bond donors (Lipinski definition) is 0. The summed E-state index contributed by atoms with van der Waals surface area (Å²) in [6.45, 7) is 0.620. The molecule has 0 aromatic heterocycles. The summed E-state index contributed by atoms with van der Waals surface area (Å²) < 4.78 is 69.5. The van der Waals surface area contributed by atoms with Crippen molar-refractivity contribution >= 4 is 10.1 Å². The molecule has 3 rings (SSSR count). The van der Waals surface area contributed by atoms with Gasteiger partial charge in [0.15, 0.2) is 0 Å². The zero-order valence-corrected chi connectivity index (χ0v) is 13.0. The van der Waals surface area contributed by atoms with E-state index in [1.807, 2.05) is 24.3 Å². The van der Waals surface area contributed by atoms with E-state index in [9.17, 15) is 21.6 Å². The van der Waals surface area contributed by atoms with Crippen molar-refractivity contribution in [2.45, 2.75) is 24.3 Å². The molecule has 1 aliphatic heterocycles. The van der Waals surface area contributed by atoms with Gasteiger partial charge in [-0.2, -0.15) is 17.8 Å². The van der Waals surface area contributed by atoms with Crippen molar-refractivity contribution in [1.29, 1.82) is 0 Å². The molecule has 2 aromatic carbocycles. The van der Waals surface area contributed by atoms with Crippen LogP contribution in [0.4, 0.5) is 13.2 Å². The molecule has 2 aromatic rings. The van der Waals surface area contributed by atoms with Gasteiger partial charge in [-0.05, 0) is 35.4 Å². The van der Waals surface area contributed by atoms with Crippen molar-refractivity contribution in [2.75, 3.05) is 0 Å². The smallest absolute Gasteiger partial charge is 0.406 e. The quantitative estimate of drug-likeness (QED) is 0.839. The van der Waals surface area contributed by atoms with E-state index < -0.39 is 22.2 Å². The minimum absolute atomic E-state index is 0.256. The molecular weight excluding hydrogens is 347 g/mol. The molecule has 1 heterocycles. The summed E-state index contributed by atoms with van der Waals surface area (Å²) in [7, 11) is -4.13. The molecule has 0 radical (unpaired) electrons. The Bertz CT molecular complexity index is 810. The molecule has 0 unspecified atom stereocenters. The number of ether oxygens (including phenoxy) is 1. The molecule has 0 atom stereocenters. The van der Waals surface area contributed by atoms with Crippen molar-refractivity contribution in [3.05, 3.63) is 59.7 Å². The van der Waals surface area contributed by atoms with Crippen LogP contribution in [0.15, 0.2) is 53.4 Å². The predicted octanol–water partition coefficient (Wildman–Crippen LogP) is 3.22. The van der Waals surface area contributed by atoms with E-state index in [-0.39, 0.29) is 4.90 Å². The summed E-state index contributed by atoms with van der Waals surface area (Å²) in [5, 5.41) is 1.28. The lowest BCUT2D eigenvalue weighted by Crippen LogP contribution is -2.22. The van der Waals surface area contributed by atoms with E-state index in [1.54, 1.807) is 0 Å². The summed E-state index contributed by atoms with van der Waals surface area (Å²) in [6, 6.07) is 11.3. The maximum atomic E-state index is 12.2. The highest BCUT2D eigenvalue weighted by Gasteiger charge is 2.31. The molecular formula is C15H12F3NO4S. The van der Waals surface area contributed by atoms with Gasteiger partial charge in [-0.1, -0.05) is 24.3 Å². The maximum Gasteiger partial charge on any atom is 0.573 e. The van der Waals surface area contributed by atoms with Crippen molar-refractivity contribution < 1.29 is 30.6 Å². The average Bonchev–Trinajstić information content (AvgIpc) is 2.87. The maximum absolute atomic E-state index is 12.2. The first kappa shape index (κ1) is 16.7. The summed E-state index contributed by atoms with van der Waals surface area (Å²) in [5.74, 6) is -0.505. The molecule has 1 aliphatic rings. The minimum Gasteiger partial charge on any atom is -0.406 e. The second-order valence-electron chi connectivity index (χ2n) is 5.11. The van der Waals surface area contributed by atoms with Crippen molar-refractivity contribution in [3.63, 3.8) is 0 Å². The zero-order valence-electron chi connectivity index (χ0n) is 12.2. The Morgan fingerprint density at radius 1 is 0.917 bits per heavy atom. The Balaban J connectivity index is 1.70. The summed E-state index contributed by atoms with van der Waals surface area (Å²) in [5.41, 5.74) is 1.92. The lowest BCUT2D eigenvalue weighted by Gasteiger charge is -2.15. The van der Waals surface area contributed by atoms with E-state index in [2.05, 4.69) is 4.74 Å². The van der Waals surface area contributed by atoms with Gasteiger partial charge in [0.1, 0.15) is 5.75 Å². The first-order valence-electron chi connectivity index (χ1n) is 6.85. The van der Waals surface area contributed by atoms with Gasteiger partial charge in [-0.3, -0.25) is 0 Å². The third-order valence-corrected chi connectivity index (χ3v) is 4.62. The second kappa shape index (κ2) is 6.08. The van der Waals surface area contributed by atoms with Crippen molar-refractivity contribution in [1.82, 2.24) is 5.06 Å². The number of fused-ring (bicyclic) bond motifs is 1. The van der Waals surface area contributed by atoms with Gasteiger partial charge in [0.25, 0.3) is 0 Å². The van der Waals surface area contributed by atoms with Gasteiger partial charge in [0.05, 0.1) is 18.0 Å². The first-order valence-corrected chi connectivity index (χ1v) is 8.26. The Hall–Kier alpha value is -2.10. The molecule has 9 heteroatoms. The Morgan fingerprint density at radius 2 is 1.46 bits per heavy atom. The van der Waals surface area contributed by atoms with Gasteiger partial charge in [0.2, 0.25) is 0 Å².